The summed E-state index contributed by atoms with van der Waals surface area (Å²) in [6.07, 6.45) is 0.632. The Morgan fingerprint density at radius 1 is 0.967 bits per heavy atom. The van der Waals surface area contributed by atoms with Gasteiger partial charge in [0.25, 0.3) is 15.9 Å². The van der Waals surface area contributed by atoms with Crippen molar-refractivity contribution in [3.63, 3.8) is 0 Å². The number of nitrogens with zero attached hydrogens (tertiary/aromatic N) is 3. The normalized spacial score (nSPS) is 18.9. The summed E-state index contributed by atoms with van der Waals surface area (Å²) < 4.78 is 43.5. The maximum absolute atomic E-state index is 14.0. The molecule has 0 aliphatic carbocycles. The van der Waals surface area contributed by atoms with Crippen molar-refractivity contribution in [2.24, 2.45) is 4.40 Å². The van der Waals surface area contributed by atoms with Crippen molar-refractivity contribution in [2.75, 3.05) is 26.2 Å². The first kappa shape index (κ1) is 20.3. The molecule has 2 aliphatic heterocycles. The SMILES string of the molecule is CC1=C(c2ccccc2)S(=O)(=O)N=C1N1CCCN(C(=O)c2ccccc2F)CC1. The number of benzene rings is 2. The Hall–Kier alpha value is -3.00. The molecule has 30 heavy (non-hydrogen) atoms. The number of halogens is 1. The van der Waals surface area contributed by atoms with Crippen LogP contribution in [0.2, 0.25) is 0 Å². The maximum Gasteiger partial charge on any atom is 0.285 e. The molecule has 0 radical (unpaired) electrons. The summed E-state index contributed by atoms with van der Waals surface area (Å²) in [5, 5.41) is 0. The molecule has 0 N–H and O–H groups in total. The van der Waals surface area contributed by atoms with Crippen LogP contribution in [0.25, 0.3) is 4.91 Å². The van der Waals surface area contributed by atoms with Crippen LogP contribution in [-0.4, -0.2) is 56.1 Å². The average molecular weight is 428 g/mol. The van der Waals surface area contributed by atoms with Gasteiger partial charge in [-0.15, -0.1) is 4.40 Å². The van der Waals surface area contributed by atoms with E-state index in [-0.39, 0.29) is 16.4 Å². The Bertz CT molecular complexity index is 1140. The van der Waals surface area contributed by atoms with Gasteiger partial charge in [-0.1, -0.05) is 42.5 Å². The van der Waals surface area contributed by atoms with Gasteiger partial charge in [0.1, 0.15) is 16.6 Å². The van der Waals surface area contributed by atoms with Gasteiger partial charge in [-0.25, -0.2) is 4.39 Å². The monoisotopic (exact) mass is 427 g/mol. The number of amides is 1. The van der Waals surface area contributed by atoms with Crippen LogP contribution in [0.15, 0.2) is 64.6 Å². The lowest BCUT2D eigenvalue weighted by Gasteiger charge is -2.24. The fourth-order valence-electron chi connectivity index (χ4n) is 3.91. The third-order valence-corrected chi connectivity index (χ3v) is 6.83. The van der Waals surface area contributed by atoms with Crippen molar-refractivity contribution in [2.45, 2.75) is 13.3 Å². The second-order valence-corrected chi connectivity index (χ2v) is 8.86. The number of hydrogen-bond donors (Lipinski definition) is 0. The zero-order chi connectivity index (χ0) is 21.3. The lowest BCUT2D eigenvalue weighted by atomic mass is 10.1. The molecule has 0 unspecified atom stereocenters. The summed E-state index contributed by atoms with van der Waals surface area (Å²) in [4.78, 5) is 16.5. The molecule has 0 spiro atoms. The number of sulfonamides is 1. The number of carbonyl (C=O) groups excluding carboxylic acids is 1. The van der Waals surface area contributed by atoms with Gasteiger partial charge >= 0.3 is 0 Å². The maximum atomic E-state index is 14.0. The Kier molecular flexibility index (Phi) is 5.42. The summed E-state index contributed by atoms with van der Waals surface area (Å²) in [7, 11) is -3.78. The van der Waals surface area contributed by atoms with E-state index in [0.29, 0.717) is 49.6 Å². The van der Waals surface area contributed by atoms with Crippen LogP contribution in [0.3, 0.4) is 0 Å². The van der Waals surface area contributed by atoms with Crippen LogP contribution in [0.1, 0.15) is 29.3 Å². The molecule has 0 saturated carbocycles. The quantitative estimate of drug-likeness (QED) is 0.738. The molecule has 0 atom stereocenters. The van der Waals surface area contributed by atoms with Gasteiger partial charge in [0, 0.05) is 31.8 Å². The number of carbonyl (C=O) groups is 1. The molecule has 6 nitrogen and oxygen atoms in total. The smallest absolute Gasteiger partial charge is 0.285 e. The lowest BCUT2D eigenvalue weighted by molar-refractivity contribution is 0.0759. The molecule has 0 bridgehead atoms. The molecule has 4 rings (SSSR count). The third-order valence-electron chi connectivity index (χ3n) is 5.36. The van der Waals surface area contributed by atoms with Gasteiger partial charge in [0.2, 0.25) is 0 Å². The van der Waals surface area contributed by atoms with Gasteiger partial charge in [0.15, 0.2) is 0 Å². The molecular weight excluding hydrogens is 405 g/mol. The standard InChI is InChI=1S/C22H22FN3O3S/c1-16-20(17-8-3-2-4-9-17)30(28,29)24-21(16)25-12-7-13-26(15-14-25)22(27)18-10-5-6-11-19(18)23/h2-6,8-11H,7,12-15H2,1H3. The highest BCUT2D eigenvalue weighted by atomic mass is 32.2. The molecule has 1 amide bonds. The van der Waals surface area contributed by atoms with E-state index in [9.17, 15) is 17.6 Å². The summed E-state index contributed by atoms with van der Waals surface area (Å²) in [6.45, 7) is 3.58. The van der Waals surface area contributed by atoms with Crippen LogP contribution in [0, 0.1) is 5.82 Å². The fraction of sp³-hybridized carbons (Fsp3) is 0.273. The van der Waals surface area contributed by atoms with E-state index < -0.39 is 15.8 Å². The van der Waals surface area contributed by atoms with Crippen molar-refractivity contribution in [1.29, 1.82) is 0 Å². The minimum Gasteiger partial charge on any atom is -0.354 e. The Labute approximate surface area is 175 Å². The fourth-order valence-corrected chi connectivity index (χ4v) is 5.39. The van der Waals surface area contributed by atoms with Crippen molar-refractivity contribution >= 4 is 26.7 Å². The van der Waals surface area contributed by atoms with E-state index in [0.717, 1.165) is 0 Å². The van der Waals surface area contributed by atoms with Crippen LogP contribution < -0.4 is 0 Å². The molecule has 2 aromatic rings. The highest BCUT2D eigenvalue weighted by Gasteiger charge is 2.34. The predicted molar refractivity (Wildman–Crippen MR) is 114 cm³/mol. The molecule has 2 aliphatic rings. The van der Waals surface area contributed by atoms with Crippen molar-refractivity contribution in [1.82, 2.24) is 9.80 Å². The van der Waals surface area contributed by atoms with E-state index in [4.69, 9.17) is 0 Å². The molecule has 0 aromatic heterocycles. The first-order valence-electron chi connectivity index (χ1n) is 9.79. The largest absolute Gasteiger partial charge is 0.354 e. The Morgan fingerprint density at radius 3 is 2.40 bits per heavy atom. The molecule has 2 aromatic carbocycles. The molecule has 2 heterocycles. The van der Waals surface area contributed by atoms with Crippen LogP contribution in [0.5, 0.6) is 0 Å². The Balaban J connectivity index is 1.56. The lowest BCUT2D eigenvalue weighted by Crippen LogP contribution is -2.37. The second-order valence-electron chi connectivity index (χ2n) is 7.32. The summed E-state index contributed by atoms with van der Waals surface area (Å²) in [5.74, 6) is -0.469. The topological polar surface area (TPSA) is 70.1 Å². The van der Waals surface area contributed by atoms with Crippen molar-refractivity contribution in [3.8, 4) is 0 Å². The highest BCUT2D eigenvalue weighted by molar-refractivity contribution is 8.00. The number of amidine groups is 1. The number of hydrogen-bond acceptors (Lipinski definition) is 4. The van der Waals surface area contributed by atoms with Crippen molar-refractivity contribution in [3.05, 3.63) is 77.1 Å². The van der Waals surface area contributed by atoms with E-state index in [1.807, 2.05) is 11.0 Å². The highest BCUT2D eigenvalue weighted by Crippen LogP contribution is 2.33. The van der Waals surface area contributed by atoms with E-state index in [1.165, 1.54) is 12.1 Å². The second kappa shape index (κ2) is 8.02. The van der Waals surface area contributed by atoms with E-state index >= 15 is 0 Å². The zero-order valence-electron chi connectivity index (χ0n) is 16.6. The predicted octanol–water partition coefficient (Wildman–Crippen LogP) is 3.15. The van der Waals surface area contributed by atoms with Gasteiger partial charge < -0.3 is 9.80 Å². The summed E-state index contributed by atoms with van der Waals surface area (Å²) >= 11 is 0. The number of rotatable bonds is 2. The Morgan fingerprint density at radius 2 is 1.67 bits per heavy atom. The first-order valence-corrected chi connectivity index (χ1v) is 11.2. The minimum absolute atomic E-state index is 0.0502. The third kappa shape index (κ3) is 3.75. The zero-order valence-corrected chi connectivity index (χ0v) is 17.4. The first-order chi connectivity index (χ1) is 14.4. The van der Waals surface area contributed by atoms with Crippen LogP contribution in [-0.2, 0) is 10.0 Å². The summed E-state index contributed by atoms with van der Waals surface area (Å²) in [5.41, 5.74) is 1.27. The minimum atomic E-state index is -3.78. The molecule has 1 fully saturated rings. The van der Waals surface area contributed by atoms with Gasteiger partial charge in [-0.3, -0.25) is 4.79 Å². The van der Waals surface area contributed by atoms with Gasteiger partial charge in [-0.05, 0) is 31.0 Å². The van der Waals surface area contributed by atoms with Crippen molar-refractivity contribution < 1.29 is 17.6 Å². The average Bonchev–Trinajstić information content (AvgIpc) is 2.89. The van der Waals surface area contributed by atoms with Gasteiger partial charge in [-0.2, -0.15) is 8.42 Å². The van der Waals surface area contributed by atoms with E-state index in [1.54, 1.807) is 48.2 Å². The molecular formula is C22H22FN3O3S. The van der Waals surface area contributed by atoms with Crippen LogP contribution in [0.4, 0.5) is 4.39 Å². The molecule has 1 saturated heterocycles. The van der Waals surface area contributed by atoms with Crippen LogP contribution >= 0.6 is 0 Å². The molecule has 156 valence electrons. The van der Waals surface area contributed by atoms with E-state index in [2.05, 4.69) is 4.40 Å². The van der Waals surface area contributed by atoms with Gasteiger partial charge in [0.05, 0.1) is 5.56 Å². The molecule has 8 heteroatoms. The summed E-state index contributed by atoms with van der Waals surface area (Å²) in [6, 6.07) is 14.9.